The van der Waals surface area contributed by atoms with Gasteiger partial charge in [0, 0.05) is 43.4 Å². The summed E-state index contributed by atoms with van der Waals surface area (Å²) in [5.74, 6) is 1.57. The normalized spacial score (nSPS) is 17.3. The van der Waals surface area contributed by atoms with E-state index in [0.29, 0.717) is 18.2 Å². The van der Waals surface area contributed by atoms with Crippen LogP contribution >= 0.6 is 0 Å². The molecule has 0 spiro atoms. The molecule has 1 N–H and O–H groups in total. The number of amides is 1. The average Bonchev–Trinajstić information content (AvgIpc) is 3.11. The van der Waals surface area contributed by atoms with Crippen LogP contribution in [0, 0.1) is 19.8 Å². The van der Waals surface area contributed by atoms with Gasteiger partial charge in [0.25, 0.3) is 11.7 Å². The molecule has 1 aliphatic rings. The van der Waals surface area contributed by atoms with Crippen molar-refractivity contribution >= 4 is 17.6 Å². The van der Waals surface area contributed by atoms with Crippen molar-refractivity contribution in [2.75, 3.05) is 24.5 Å². The number of carbonyl (C=O) groups is 1. The van der Waals surface area contributed by atoms with E-state index in [9.17, 15) is 4.79 Å². The third-order valence-electron chi connectivity index (χ3n) is 4.80. The third-order valence-corrected chi connectivity index (χ3v) is 4.80. The highest BCUT2D eigenvalue weighted by atomic mass is 16.2. The van der Waals surface area contributed by atoms with Gasteiger partial charge in [0.15, 0.2) is 0 Å². The van der Waals surface area contributed by atoms with Gasteiger partial charge < -0.3 is 10.2 Å². The predicted octanol–water partition coefficient (Wildman–Crippen LogP) is 1.18. The first-order chi connectivity index (χ1) is 13.1. The van der Waals surface area contributed by atoms with Gasteiger partial charge in [-0.15, -0.1) is 10.2 Å². The fraction of sp³-hybridized carbons (Fsp3) is 0.444. The minimum absolute atomic E-state index is 0.232. The Morgan fingerprint density at radius 3 is 2.89 bits per heavy atom. The molecular weight excluding hydrogens is 344 g/mol. The van der Waals surface area contributed by atoms with Crippen LogP contribution in [0.15, 0.2) is 24.5 Å². The molecule has 0 aromatic carbocycles. The number of hydrogen-bond donors (Lipinski definition) is 1. The minimum atomic E-state index is -0.232. The Hall–Kier alpha value is -3.10. The van der Waals surface area contributed by atoms with Crippen LogP contribution in [0.4, 0.5) is 5.95 Å². The topological polar surface area (TPSA) is 101 Å². The number of aromatic nitrogens is 6. The number of aryl methyl sites for hydroxylation is 2. The summed E-state index contributed by atoms with van der Waals surface area (Å²) < 4.78 is 1.69. The molecule has 1 saturated heterocycles. The summed E-state index contributed by atoms with van der Waals surface area (Å²) in [6, 6.07) is 3.72. The zero-order chi connectivity index (χ0) is 18.8. The highest BCUT2D eigenvalue weighted by Crippen LogP contribution is 2.19. The monoisotopic (exact) mass is 366 g/mol. The molecule has 140 valence electrons. The number of nitrogens with zero attached hydrogens (tertiary/aromatic N) is 7. The van der Waals surface area contributed by atoms with E-state index in [2.05, 4.69) is 35.4 Å². The Labute approximate surface area is 156 Å². The lowest BCUT2D eigenvalue weighted by Crippen LogP contribution is -2.42. The van der Waals surface area contributed by atoms with Gasteiger partial charge in [0.1, 0.15) is 0 Å². The molecule has 1 aliphatic heterocycles. The van der Waals surface area contributed by atoms with E-state index >= 15 is 0 Å². The van der Waals surface area contributed by atoms with Crippen molar-refractivity contribution in [1.29, 1.82) is 0 Å². The van der Waals surface area contributed by atoms with Crippen LogP contribution in [-0.4, -0.2) is 55.1 Å². The van der Waals surface area contributed by atoms with Gasteiger partial charge in [0.2, 0.25) is 11.8 Å². The second kappa shape index (κ2) is 7.26. The molecule has 4 heterocycles. The van der Waals surface area contributed by atoms with Gasteiger partial charge in [-0.1, -0.05) is 0 Å². The molecule has 4 rings (SSSR count). The molecule has 0 bridgehead atoms. The molecule has 0 saturated carbocycles. The Balaban J connectivity index is 1.42. The SMILES string of the molecule is Cc1cc(C)n2c(C(=O)NCC3CCCN(c4ncccn4)C3)nnc2n1. The fourth-order valence-electron chi connectivity index (χ4n) is 3.56. The molecule has 3 aromatic rings. The quantitative estimate of drug-likeness (QED) is 0.740. The number of piperidine rings is 1. The highest BCUT2D eigenvalue weighted by Gasteiger charge is 2.23. The van der Waals surface area contributed by atoms with Crippen LogP contribution < -0.4 is 10.2 Å². The minimum Gasteiger partial charge on any atom is -0.349 e. The van der Waals surface area contributed by atoms with Gasteiger partial charge in [0.05, 0.1) is 0 Å². The summed E-state index contributed by atoms with van der Waals surface area (Å²) in [4.78, 5) is 27.8. The van der Waals surface area contributed by atoms with E-state index in [0.717, 1.165) is 43.3 Å². The zero-order valence-corrected chi connectivity index (χ0v) is 15.5. The van der Waals surface area contributed by atoms with Crippen LogP contribution in [0.5, 0.6) is 0 Å². The molecule has 1 amide bonds. The standard InChI is InChI=1S/C18H22N8O/c1-12-9-13(2)26-15(23-24-18(26)22-12)16(27)21-10-14-5-3-8-25(11-14)17-19-6-4-7-20-17/h4,6-7,9,14H,3,5,8,10-11H2,1-2H3,(H,21,27). The Morgan fingerprint density at radius 2 is 2.07 bits per heavy atom. The van der Waals surface area contributed by atoms with Crippen molar-refractivity contribution in [2.24, 2.45) is 5.92 Å². The molecule has 1 atom stereocenters. The van der Waals surface area contributed by atoms with Crippen molar-refractivity contribution in [1.82, 2.24) is 34.9 Å². The van der Waals surface area contributed by atoms with E-state index in [4.69, 9.17) is 0 Å². The van der Waals surface area contributed by atoms with Crippen molar-refractivity contribution in [3.63, 3.8) is 0 Å². The lowest BCUT2D eigenvalue weighted by atomic mass is 9.98. The molecule has 27 heavy (non-hydrogen) atoms. The summed E-state index contributed by atoms with van der Waals surface area (Å²) in [7, 11) is 0. The van der Waals surface area contributed by atoms with Crippen LogP contribution in [0.1, 0.15) is 34.8 Å². The summed E-state index contributed by atoms with van der Waals surface area (Å²) in [5, 5.41) is 11.1. The Kier molecular flexibility index (Phi) is 4.66. The Morgan fingerprint density at radius 1 is 1.26 bits per heavy atom. The van der Waals surface area contributed by atoms with Crippen LogP contribution in [0.2, 0.25) is 0 Å². The number of carbonyl (C=O) groups excluding carboxylic acids is 1. The smallest absolute Gasteiger partial charge is 0.289 e. The van der Waals surface area contributed by atoms with Gasteiger partial charge in [-0.3, -0.25) is 9.20 Å². The third kappa shape index (κ3) is 3.57. The maximum Gasteiger partial charge on any atom is 0.289 e. The van der Waals surface area contributed by atoms with Crippen LogP contribution in [0.3, 0.4) is 0 Å². The fourth-order valence-corrected chi connectivity index (χ4v) is 3.56. The molecule has 0 radical (unpaired) electrons. The Bertz CT molecular complexity index is 955. The average molecular weight is 366 g/mol. The summed E-state index contributed by atoms with van der Waals surface area (Å²) in [6.07, 6.45) is 5.61. The largest absolute Gasteiger partial charge is 0.349 e. The van der Waals surface area contributed by atoms with E-state index in [-0.39, 0.29) is 11.7 Å². The van der Waals surface area contributed by atoms with Crippen molar-refractivity contribution in [3.05, 3.63) is 41.7 Å². The number of anilines is 1. The summed E-state index contributed by atoms with van der Waals surface area (Å²) >= 11 is 0. The molecule has 9 nitrogen and oxygen atoms in total. The van der Waals surface area contributed by atoms with E-state index in [1.165, 1.54) is 0 Å². The van der Waals surface area contributed by atoms with E-state index in [1.54, 1.807) is 16.8 Å². The lowest BCUT2D eigenvalue weighted by molar-refractivity contribution is 0.0933. The van der Waals surface area contributed by atoms with Crippen molar-refractivity contribution < 1.29 is 4.79 Å². The van der Waals surface area contributed by atoms with Gasteiger partial charge >= 0.3 is 0 Å². The van der Waals surface area contributed by atoms with Gasteiger partial charge in [-0.25, -0.2) is 15.0 Å². The molecule has 3 aromatic heterocycles. The van der Waals surface area contributed by atoms with E-state index in [1.807, 2.05) is 26.0 Å². The van der Waals surface area contributed by atoms with Crippen LogP contribution in [0.25, 0.3) is 5.78 Å². The molecule has 1 unspecified atom stereocenters. The highest BCUT2D eigenvalue weighted by molar-refractivity contribution is 5.91. The summed E-state index contributed by atoms with van der Waals surface area (Å²) in [6.45, 7) is 6.15. The first kappa shape index (κ1) is 17.3. The van der Waals surface area contributed by atoms with E-state index < -0.39 is 0 Å². The second-order valence-corrected chi connectivity index (χ2v) is 6.91. The number of hydrogen-bond acceptors (Lipinski definition) is 7. The number of fused-ring (bicyclic) bond motifs is 1. The first-order valence-corrected chi connectivity index (χ1v) is 9.11. The number of nitrogens with one attached hydrogen (secondary N) is 1. The van der Waals surface area contributed by atoms with Crippen molar-refractivity contribution in [2.45, 2.75) is 26.7 Å². The molecular formula is C18H22N8O. The summed E-state index contributed by atoms with van der Waals surface area (Å²) in [5.41, 5.74) is 1.74. The maximum absolute atomic E-state index is 12.7. The predicted molar refractivity (Wildman–Crippen MR) is 99.6 cm³/mol. The lowest BCUT2D eigenvalue weighted by Gasteiger charge is -2.32. The van der Waals surface area contributed by atoms with Gasteiger partial charge in [-0.05, 0) is 44.7 Å². The zero-order valence-electron chi connectivity index (χ0n) is 15.5. The number of rotatable bonds is 4. The van der Waals surface area contributed by atoms with Crippen molar-refractivity contribution in [3.8, 4) is 0 Å². The second-order valence-electron chi connectivity index (χ2n) is 6.91. The maximum atomic E-state index is 12.7. The first-order valence-electron chi connectivity index (χ1n) is 9.11. The molecule has 9 heteroatoms. The van der Waals surface area contributed by atoms with Crippen LogP contribution in [-0.2, 0) is 0 Å². The van der Waals surface area contributed by atoms with Gasteiger partial charge in [-0.2, -0.15) is 0 Å². The molecule has 0 aliphatic carbocycles. The molecule has 1 fully saturated rings.